The Balaban J connectivity index is 1.72. The molecule has 0 fully saturated rings. The monoisotopic (exact) mass is 442 g/mol. The van der Waals surface area contributed by atoms with Gasteiger partial charge in [0.05, 0.1) is 26.0 Å². The van der Waals surface area contributed by atoms with Gasteiger partial charge in [0.25, 0.3) is 0 Å². The molecular formula is C16H13Cl3N6OS. The highest BCUT2D eigenvalue weighted by atomic mass is 35.5. The highest BCUT2D eigenvalue weighted by Crippen LogP contribution is 2.33. The van der Waals surface area contributed by atoms with Crippen molar-refractivity contribution in [3.63, 3.8) is 0 Å². The van der Waals surface area contributed by atoms with Gasteiger partial charge in [0.15, 0.2) is 5.82 Å². The lowest BCUT2D eigenvalue weighted by molar-refractivity contribution is -0.115. The lowest BCUT2D eigenvalue weighted by atomic mass is 10.3. The number of nitrogens with two attached hydrogens (primary N) is 1. The van der Waals surface area contributed by atoms with Crippen molar-refractivity contribution in [2.45, 2.75) is 17.3 Å². The lowest BCUT2D eigenvalue weighted by Crippen LogP contribution is -2.23. The van der Waals surface area contributed by atoms with Gasteiger partial charge in [-0.3, -0.25) is 9.78 Å². The van der Waals surface area contributed by atoms with E-state index >= 15 is 0 Å². The summed E-state index contributed by atoms with van der Waals surface area (Å²) in [4.78, 5) is 16.5. The number of benzene rings is 1. The van der Waals surface area contributed by atoms with Crippen LogP contribution in [0.5, 0.6) is 0 Å². The topological polar surface area (TPSA) is 98.7 Å². The Morgan fingerprint density at radius 3 is 2.67 bits per heavy atom. The summed E-state index contributed by atoms with van der Waals surface area (Å²) in [5, 5.41) is 11.6. The predicted molar refractivity (Wildman–Crippen MR) is 109 cm³/mol. The quantitative estimate of drug-likeness (QED) is 0.349. The standard InChI is InChI=1S/C16H13Cl3N6OS/c1-8(15(26)22-13-6-11(18)10(17)5-12(13)19)27-16-24-23-14(25(16)20)9-3-2-4-21-7-9/h2-8H,20H2,1H3,(H,22,26)/t8-/m0/s1. The van der Waals surface area contributed by atoms with Crippen molar-refractivity contribution in [2.24, 2.45) is 0 Å². The highest BCUT2D eigenvalue weighted by Gasteiger charge is 2.21. The number of nitrogens with one attached hydrogen (secondary N) is 1. The first-order chi connectivity index (χ1) is 12.9. The smallest absolute Gasteiger partial charge is 0.237 e. The van der Waals surface area contributed by atoms with Crippen LogP contribution >= 0.6 is 46.6 Å². The Kier molecular flexibility index (Phi) is 6.11. The molecule has 27 heavy (non-hydrogen) atoms. The van der Waals surface area contributed by atoms with Crippen LogP contribution in [0.25, 0.3) is 11.4 Å². The summed E-state index contributed by atoms with van der Waals surface area (Å²) >= 11 is 19.1. The first-order valence-corrected chi connectivity index (χ1v) is 9.61. The average molecular weight is 444 g/mol. The van der Waals surface area contributed by atoms with E-state index in [-0.39, 0.29) is 10.9 Å². The largest absolute Gasteiger partial charge is 0.335 e. The number of rotatable bonds is 5. The van der Waals surface area contributed by atoms with E-state index in [1.54, 1.807) is 25.4 Å². The van der Waals surface area contributed by atoms with Crippen molar-refractivity contribution in [1.29, 1.82) is 0 Å². The molecule has 140 valence electrons. The fourth-order valence-corrected chi connectivity index (χ4v) is 3.48. The van der Waals surface area contributed by atoms with Crippen LogP contribution < -0.4 is 11.2 Å². The van der Waals surface area contributed by atoms with Crippen LogP contribution in [0.1, 0.15) is 6.92 Å². The van der Waals surface area contributed by atoms with Crippen LogP contribution in [-0.2, 0) is 4.79 Å². The van der Waals surface area contributed by atoms with Gasteiger partial charge in [-0.1, -0.05) is 46.6 Å². The summed E-state index contributed by atoms with van der Waals surface area (Å²) in [6, 6.07) is 6.55. The third-order valence-corrected chi connectivity index (χ3v) is 5.60. The molecule has 0 saturated carbocycles. The lowest BCUT2D eigenvalue weighted by Gasteiger charge is -2.13. The van der Waals surface area contributed by atoms with Crippen molar-refractivity contribution in [3.8, 4) is 11.4 Å². The number of halogens is 3. The number of aromatic nitrogens is 4. The van der Waals surface area contributed by atoms with Gasteiger partial charge in [0.2, 0.25) is 11.1 Å². The number of hydrogen-bond acceptors (Lipinski definition) is 6. The maximum absolute atomic E-state index is 12.5. The van der Waals surface area contributed by atoms with E-state index in [0.717, 1.165) is 17.3 Å². The molecule has 1 amide bonds. The molecule has 3 N–H and O–H groups in total. The number of carbonyl (C=O) groups is 1. The zero-order valence-electron chi connectivity index (χ0n) is 13.9. The fourth-order valence-electron chi connectivity index (χ4n) is 2.11. The van der Waals surface area contributed by atoms with Gasteiger partial charge < -0.3 is 11.2 Å². The van der Waals surface area contributed by atoms with E-state index < -0.39 is 5.25 Å². The van der Waals surface area contributed by atoms with E-state index in [9.17, 15) is 4.79 Å². The Labute approximate surface area is 174 Å². The van der Waals surface area contributed by atoms with Crippen molar-refractivity contribution in [2.75, 3.05) is 11.2 Å². The molecule has 0 bridgehead atoms. The minimum absolute atomic E-state index is 0.288. The van der Waals surface area contributed by atoms with Crippen LogP contribution in [0.15, 0.2) is 41.8 Å². The van der Waals surface area contributed by atoms with E-state index in [0.29, 0.717) is 26.7 Å². The second-order valence-electron chi connectivity index (χ2n) is 5.41. The van der Waals surface area contributed by atoms with E-state index in [2.05, 4.69) is 20.5 Å². The molecule has 3 rings (SSSR count). The number of pyridine rings is 1. The molecule has 0 unspecified atom stereocenters. The zero-order valence-corrected chi connectivity index (χ0v) is 16.9. The number of hydrogen-bond donors (Lipinski definition) is 2. The maximum atomic E-state index is 12.5. The number of nitrogens with zero attached hydrogens (tertiary/aromatic N) is 4. The molecule has 1 aromatic carbocycles. The highest BCUT2D eigenvalue weighted by molar-refractivity contribution is 8.00. The second-order valence-corrected chi connectivity index (χ2v) is 7.94. The number of thioether (sulfide) groups is 1. The van der Waals surface area contributed by atoms with Crippen LogP contribution in [0.2, 0.25) is 15.1 Å². The van der Waals surface area contributed by atoms with Crippen molar-refractivity contribution in [1.82, 2.24) is 19.9 Å². The summed E-state index contributed by atoms with van der Waals surface area (Å²) < 4.78 is 1.32. The van der Waals surface area contributed by atoms with Crippen molar-refractivity contribution >= 4 is 58.2 Å². The molecule has 0 saturated heterocycles. The molecule has 11 heteroatoms. The molecule has 0 spiro atoms. The number of anilines is 1. The first kappa shape index (κ1) is 19.8. The molecule has 3 aromatic rings. The molecule has 0 aliphatic rings. The Morgan fingerprint density at radius 2 is 1.96 bits per heavy atom. The normalized spacial score (nSPS) is 12.0. The van der Waals surface area contributed by atoms with Gasteiger partial charge in [0.1, 0.15) is 0 Å². The van der Waals surface area contributed by atoms with Gasteiger partial charge >= 0.3 is 0 Å². The summed E-state index contributed by atoms with van der Waals surface area (Å²) in [6.07, 6.45) is 3.28. The minimum atomic E-state index is -0.524. The molecule has 2 aromatic heterocycles. The van der Waals surface area contributed by atoms with E-state index in [1.807, 2.05) is 6.07 Å². The predicted octanol–water partition coefficient (Wildman–Crippen LogP) is 4.13. The van der Waals surface area contributed by atoms with Gasteiger partial charge in [-0.2, -0.15) is 0 Å². The molecule has 0 aliphatic carbocycles. The Hall–Kier alpha value is -2.00. The van der Waals surface area contributed by atoms with Gasteiger partial charge in [-0.25, -0.2) is 4.68 Å². The van der Waals surface area contributed by atoms with Crippen molar-refractivity contribution < 1.29 is 4.79 Å². The molecular weight excluding hydrogens is 431 g/mol. The summed E-state index contributed by atoms with van der Waals surface area (Å²) in [5.41, 5.74) is 1.09. The SMILES string of the molecule is C[C@H](Sc1nnc(-c2cccnc2)n1N)C(=O)Nc1cc(Cl)c(Cl)cc1Cl. The molecule has 0 radical (unpaired) electrons. The molecule has 7 nitrogen and oxygen atoms in total. The summed E-state index contributed by atoms with van der Waals surface area (Å²) in [5.74, 6) is 6.21. The summed E-state index contributed by atoms with van der Waals surface area (Å²) in [7, 11) is 0. The Bertz CT molecular complexity index is 982. The van der Waals surface area contributed by atoms with Crippen LogP contribution in [0, 0.1) is 0 Å². The number of amides is 1. The molecule has 2 heterocycles. The zero-order chi connectivity index (χ0) is 19.6. The molecule has 0 aliphatic heterocycles. The minimum Gasteiger partial charge on any atom is -0.335 e. The third-order valence-electron chi connectivity index (χ3n) is 3.50. The maximum Gasteiger partial charge on any atom is 0.237 e. The second kappa shape index (κ2) is 8.35. The number of carbonyl (C=O) groups excluding carboxylic acids is 1. The Morgan fingerprint density at radius 1 is 1.22 bits per heavy atom. The van der Waals surface area contributed by atoms with E-state index in [1.165, 1.54) is 16.8 Å². The summed E-state index contributed by atoms with van der Waals surface area (Å²) in [6.45, 7) is 1.71. The van der Waals surface area contributed by atoms with Crippen LogP contribution in [-0.4, -0.2) is 31.0 Å². The average Bonchev–Trinajstić information content (AvgIpc) is 3.00. The third kappa shape index (κ3) is 4.47. The fraction of sp³-hybridized carbons (Fsp3) is 0.125. The number of nitrogen functional groups attached to an aromatic ring is 1. The van der Waals surface area contributed by atoms with Crippen molar-refractivity contribution in [3.05, 3.63) is 51.7 Å². The van der Waals surface area contributed by atoms with Gasteiger partial charge in [-0.15, -0.1) is 10.2 Å². The van der Waals surface area contributed by atoms with Gasteiger partial charge in [0, 0.05) is 18.0 Å². The van der Waals surface area contributed by atoms with E-state index in [4.69, 9.17) is 40.6 Å². The first-order valence-electron chi connectivity index (χ1n) is 7.59. The molecule has 1 atom stereocenters. The van der Waals surface area contributed by atoms with Crippen LogP contribution in [0.4, 0.5) is 5.69 Å². The van der Waals surface area contributed by atoms with Crippen LogP contribution in [0.3, 0.4) is 0 Å². The van der Waals surface area contributed by atoms with Gasteiger partial charge in [-0.05, 0) is 31.2 Å².